The summed E-state index contributed by atoms with van der Waals surface area (Å²) in [6.45, 7) is 2.41. The van der Waals surface area contributed by atoms with Crippen molar-refractivity contribution in [3.8, 4) is 11.1 Å². The molecule has 0 unspecified atom stereocenters. The number of nitrogens with one attached hydrogen (secondary N) is 1. The summed E-state index contributed by atoms with van der Waals surface area (Å²) in [6.07, 6.45) is -2.72. The van der Waals surface area contributed by atoms with Crippen molar-refractivity contribution >= 4 is 17.5 Å². The predicted octanol–water partition coefficient (Wildman–Crippen LogP) is 5.89. The molecule has 0 bridgehead atoms. The average molecular weight is 476 g/mol. The van der Waals surface area contributed by atoms with Gasteiger partial charge in [-0.05, 0) is 65.8 Å². The van der Waals surface area contributed by atoms with E-state index in [0.717, 1.165) is 52.8 Å². The summed E-state index contributed by atoms with van der Waals surface area (Å²) in [4.78, 5) is 29.5. The summed E-state index contributed by atoms with van der Waals surface area (Å²) < 4.78 is 39.1. The van der Waals surface area contributed by atoms with Gasteiger partial charge in [0.1, 0.15) is 5.84 Å². The fourth-order valence-corrected chi connectivity index (χ4v) is 4.30. The number of aliphatic imine (C=N–C) groups is 1. The van der Waals surface area contributed by atoms with Crippen LogP contribution in [0.1, 0.15) is 51.0 Å². The molecule has 1 aliphatic carbocycles. The number of hydrogen-bond donors (Lipinski definition) is 1. The minimum absolute atomic E-state index is 0.0171. The number of nitrogens with zero attached hydrogens (tertiary/aromatic N) is 1. The first kappa shape index (κ1) is 23.0. The molecule has 0 radical (unpaired) electrons. The Morgan fingerprint density at radius 1 is 1.00 bits per heavy atom. The van der Waals surface area contributed by atoms with Crippen LogP contribution in [0.4, 0.5) is 13.2 Å². The number of halogens is 3. The van der Waals surface area contributed by atoms with Gasteiger partial charge in [-0.1, -0.05) is 42.5 Å². The van der Waals surface area contributed by atoms with Gasteiger partial charge in [0.25, 0.3) is 0 Å². The van der Waals surface area contributed by atoms with E-state index in [1.54, 1.807) is 12.1 Å². The van der Waals surface area contributed by atoms with Crippen LogP contribution in [-0.4, -0.2) is 17.5 Å². The number of amidine groups is 1. The van der Waals surface area contributed by atoms with E-state index in [2.05, 4.69) is 10.3 Å². The highest BCUT2D eigenvalue weighted by molar-refractivity contribution is 6.11. The monoisotopic (exact) mass is 476 g/mol. The van der Waals surface area contributed by atoms with Gasteiger partial charge in [0.2, 0.25) is 5.91 Å². The Labute approximate surface area is 200 Å². The van der Waals surface area contributed by atoms with Gasteiger partial charge in [-0.25, -0.2) is 0 Å². The minimum Gasteiger partial charge on any atom is -0.310 e. The van der Waals surface area contributed by atoms with Crippen molar-refractivity contribution < 1.29 is 22.8 Å². The molecule has 0 atom stereocenters. The highest BCUT2D eigenvalue weighted by Crippen LogP contribution is 2.32. The van der Waals surface area contributed by atoms with E-state index in [0.29, 0.717) is 23.5 Å². The summed E-state index contributed by atoms with van der Waals surface area (Å²) in [6, 6.07) is 16.1. The Morgan fingerprint density at radius 2 is 1.80 bits per heavy atom. The average Bonchev–Trinajstić information content (AvgIpc) is 3.61. The first-order valence-electron chi connectivity index (χ1n) is 11.5. The molecule has 35 heavy (non-hydrogen) atoms. The van der Waals surface area contributed by atoms with E-state index in [-0.39, 0.29) is 24.0 Å². The lowest BCUT2D eigenvalue weighted by molar-refractivity contribution is -0.137. The lowest BCUT2D eigenvalue weighted by Crippen LogP contribution is -2.31. The van der Waals surface area contributed by atoms with Crippen LogP contribution in [0.5, 0.6) is 0 Å². The smallest absolute Gasteiger partial charge is 0.310 e. The van der Waals surface area contributed by atoms with Gasteiger partial charge >= 0.3 is 6.18 Å². The molecule has 1 N–H and O–H groups in total. The van der Waals surface area contributed by atoms with Gasteiger partial charge in [-0.15, -0.1) is 0 Å². The topological polar surface area (TPSA) is 58.5 Å². The van der Waals surface area contributed by atoms with Gasteiger partial charge in [-0.2, -0.15) is 13.2 Å². The number of amides is 1. The van der Waals surface area contributed by atoms with Crippen LogP contribution in [-0.2, 0) is 23.9 Å². The summed E-state index contributed by atoms with van der Waals surface area (Å²) in [7, 11) is 0. The SMILES string of the molecule is Cc1ccc(C(=O)Cc2cccc(C(F)(F)F)c2)cc1-c1ccc2c(c1)CN=C2NC(=O)C1CC1. The Kier molecular flexibility index (Phi) is 5.79. The molecule has 1 heterocycles. The summed E-state index contributed by atoms with van der Waals surface area (Å²) in [5, 5.41) is 2.92. The number of carbonyl (C=O) groups is 2. The lowest BCUT2D eigenvalue weighted by Gasteiger charge is -2.12. The van der Waals surface area contributed by atoms with Gasteiger partial charge in [-0.3, -0.25) is 14.6 Å². The zero-order chi connectivity index (χ0) is 24.7. The molecule has 1 aliphatic heterocycles. The van der Waals surface area contributed by atoms with Crippen LogP contribution in [0.2, 0.25) is 0 Å². The first-order valence-corrected chi connectivity index (χ1v) is 11.5. The molecule has 0 spiro atoms. The molecule has 3 aromatic rings. The fraction of sp³-hybridized carbons (Fsp3) is 0.250. The van der Waals surface area contributed by atoms with Crippen molar-refractivity contribution in [2.24, 2.45) is 10.9 Å². The second kappa shape index (κ2) is 8.80. The van der Waals surface area contributed by atoms with E-state index in [4.69, 9.17) is 0 Å². The molecule has 0 aromatic heterocycles. The number of Topliss-reactive ketones (excluding diaryl/α,β-unsaturated/α-hetero) is 1. The first-order chi connectivity index (χ1) is 16.7. The van der Waals surface area contributed by atoms with E-state index in [1.165, 1.54) is 12.1 Å². The number of carbonyl (C=O) groups excluding carboxylic acids is 2. The molecular formula is C28H23F3N2O2. The van der Waals surface area contributed by atoms with E-state index < -0.39 is 11.7 Å². The molecule has 3 aromatic carbocycles. The summed E-state index contributed by atoms with van der Waals surface area (Å²) in [5.41, 5.74) is 4.66. The van der Waals surface area contributed by atoms with Crippen molar-refractivity contribution in [1.29, 1.82) is 0 Å². The third-order valence-corrected chi connectivity index (χ3v) is 6.45. The normalized spacial score (nSPS) is 14.9. The maximum Gasteiger partial charge on any atom is 0.416 e. The van der Waals surface area contributed by atoms with Gasteiger partial charge < -0.3 is 5.32 Å². The number of rotatable bonds is 5. The number of aryl methyl sites for hydroxylation is 1. The zero-order valence-corrected chi connectivity index (χ0v) is 19.1. The van der Waals surface area contributed by atoms with Crippen LogP contribution < -0.4 is 5.32 Å². The highest BCUT2D eigenvalue weighted by atomic mass is 19.4. The third-order valence-electron chi connectivity index (χ3n) is 6.45. The van der Waals surface area contributed by atoms with Gasteiger partial charge in [0.15, 0.2) is 5.78 Å². The molecule has 5 rings (SSSR count). The van der Waals surface area contributed by atoms with Crippen LogP contribution >= 0.6 is 0 Å². The second-order valence-electron chi connectivity index (χ2n) is 9.13. The van der Waals surface area contributed by atoms with Crippen molar-refractivity contribution in [2.75, 3.05) is 0 Å². The quantitative estimate of drug-likeness (QED) is 0.467. The van der Waals surface area contributed by atoms with E-state index >= 15 is 0 Å². The van der Waals surface area contributed by atoms with Gasteiger partial charge in [0, 0.05) is 23.5 Å². The number of alkyl halides is 3. The number of benzene rings is 3. The number of hydrogen-bond acceptors (Lipinski definition) is 3. The Morgan fingerprint density at radius 3 is 2.54 bits per heavy atom. The van der Waals surface area contributed by atoms with Crippen LogP contribution in [0, 0.1) is 12.8 Å². The third kappa shape index (κ3) is 4.90. The van der Waals surface area contributed by atoms with E-state index in [9.17, 15) is 22.8 Å². The highest BCUT2D eigenvalue weighted by Gasteiger charge is 2.32. The predicted molar refractivity (Wildman–Crippen MR) is 127 cm³/mol. The van der Waals surface area contributed by atoms with Crippen LogP contribution in [0.25, 0.3) is 11.1 Å². The largest absolute Gasteiger partial charge is 0.416 e. The maximum absolute atomic E-state index is 13.0. The molecule has 178 valence electrons. The molecule has 4 nitrogen and oxygen atoms in total. The maximum atomic E-state index is 13.0. The van der Waals surface area contributed by atoms with Gasteiger partial charge in [0.05, 0.1) is 12.1 Å². The van der Waals surface area contributed by atoms with E-state index in [1.807, 2.05) is 31.2 Å². The molecule has 1 amide bonds. The molecule has 0 saturated heterocycles. The van der Waals surface area contributed by atoms with Crippen molar-refractivity contribution in [3.05, 3.63) is 94.0 Å². The molecule has 1 fully saturated rings. The number of ketones is 1. The van der Waals surface area contributed by atoms with Crippen LogP contribution in [0.3, 0.4) is 0 Å². The summed E-state index contributed by atoms with van der Waals surface area (Å²) >= 11 is 0. The second-order valence-corrected chi connectivity index (χ2v) is 9.13. The molecule has 7 heteroatoms. The van der Waals surface area contributed by atoms with Crippen LogP contribution in [0.15, 0.2) is 65.7 Å². The fourth-order valence-electron chi connectivity index (χ4n) is 4.30. The molecule has 1 saturated carbocycles. The minimum atomic E-state index is -4.45. The molecular weight excluding hydrogens is 453 g/mol. The Bertz CT molecular complexity index is 1370. The zero-order valence-electron chi connectivity index (χ0n) is 19.1. The molecule has 2 aliphatic rings. The number of fused-ring (bicyclic) bond motifs is 1. The van der Waals surface area contributed by atoms with Crippen molar-refractivity contribution in [1.82, 2.24) is 5.32 Å². The standard InChI is InChI=1S/C28H23F3N2O2/c1-16-5-6-20(25(34)12-17-3-2-4-22(11-17)28(29,30)31)14-24(16)19-9-10-23-21(13-19)15-32-26(23)33-27(35)18-7-8-18/h2-6,9-11,13-14,18H,7-8,12,15H2,1H3,(H,32,33,35). The Balaban J connectivity index is 1.36. The summed E-state index contributed by atoms with van der Waals surface area (Å²) in [5.74, 6) is 0.466. The van der Waals surface area contributed by atoms with Crippen molar-refractivity contribution in [3.63, 3.8) is 0 Å². The lowest BCUT2D eigenvalue weighted by atomic mass is 9.93. The van der Waals surface area contributed by atoms with Crippen molar-refractivity contribution in [2.45, 2.75) is 38.9 Å². The Hall–Kier alpha value is -3.74.